The number of likely N-dealkylation sites (N-methyl/N-ethyl adjacent to an activating group) is 1. The second-order valence-electron chi connectivity index (χ2n) is 6.15. The van der Waals surface area contributed by atoms with Crippen molar-refractivity contribution in [1.82, 2.24) is 25.0 Å². The molecule has 0 amide bonds. The molecule has 1 aliphatic heterocycles. The van der Waals surface area contributed by atoms with Gasteiger partial charge in [0.25, 0.3) is 5.78 Å². The topological polar surface area (TPSA) is 81.7 Å². The van der Waals surface area contributed by atoms with Gasteiger partial charge in [-0.1, -0.05) is 5.10 Å². The van der Waals surface area contributed by atoms with Crippen LogP contribution in [0.2, 0.25) is 0 Å². The van der Waals surface area contributed by atoms with E-state index in [1.807, 2.05) is 6.92 Å². The van der Waals surface area contributed by atoms with Crippen molar-refractivity contribution in [3.8, 4) is 0 Å². The number of thiophene rings is 1. The van der Waals surface area contributed by atoms with Gasteiger partial charge in [-0.2, -0.15) is 9.50 Å². The molecule has 3 aromatic heterocycles. The maximum Gasteiger partial charge on any atom is 0.276 e. The lowest BCUT2D eigenvalue weighted by Gasteiger charge is -2.19. The largest absolute Gasteiger partial charge is 0.382 e. The number of tetrazole rings is 1. The Labute approximate surface area is 143 Å². The number of quaternary nitrogens is 1. The van der Waals surface area contributed by atoms with E-state index < -0.39 is 0 Å². The number of fused-ring (bicyclic) bond motifs is 5. The summed E-state index contributed by atoms with van der Waals surface area (Å²) in [7, 11) is 2.24. The van der Waals surface area contributed by atoms with Gasteiger partial charge in [-0.15, -0.1) is 11.3 Å². The van der Waals surface area contributed by atoms with Crippen LogP contribution < -0.4 is 10.2 Å². The van der Waals surface area contributed by atoms with Crippen LogP contribution in [0, 0.1) is 0 Å². The molecule has 1 aliphatic rings. The Morgan fingerprint density at radius 3 is 3.21 bits per heavy atom. The number of rotatable bonds is 6. The van der Waals surface area contributed by atoms with E-state index >= 15 is 0 Å². The van der Waals surface area contributed by atoms with Crippen LogP contribution in [0.1, 0.15) is 23.8 Å². The average Bonchev–Trinajstić information content (AvgIpc) is 3.17. The second-order valence-corrected chi connectivity index (χ2v) is 7.23. The van der Waals surface area contributed by atoms with E-state index in [1.54, 1.807) is 20.8 Å². The van der Waals surface area contributed by atoms with Crippen molar-refractivity contribution in [3.63, 3.8) is 0 Å². The third kappa shape index (κ3) is 2.72. The lowest BCUT2D eigenvalue weighted by molar-refractivity contribution is -0.895. The summed E-state index contributed by atoms with van der Waals surface area (Å²) in [6.07, 6.45) is 2.02. The molecule has 8 nitrogen and oxygen atoms in total. The maximum absolute atomic E-state index is 5.41. The normalized spacial score (nSPS) is 17.5. The second kappa shape index (κ2) is 6.58. The number of hydrogen-bond acceptors (Lipinski definition) is 7. The number of anilines is 1. The molecule has 0 saturated heterocycles. The molecule has 0 saturated carbocycles. The van der Waals surface area contributed by atoms with Crippen molar-refractivity contribution < 1.29 is 9.64 Å². The van der Waals surface area contributed by atoms with Crippen LogP contribution in [0.4, 0.5) is 5.82 Å². The Balaban J connectivity index is 1.73. The average molecular weight is 348 g/mol. The summed E-state index contributed by atoms with van der Waals surface area (Å²) in [5, 5.41) is 16.6. The Morgan fingerprint density at radius 2 is 2.33 bits per heavy atom. The predicted octanol–water partition coefficient (Wildman–Crippen LogP) is 0.143. The van der Waals surface area contributed by atoms with Gasteiger partial charge in [-0.25, -0.2) is 0 Å². The zero-order chi connectivity index (χ0) is 16.5. The molecule has 0 bridgehead atoms. The molecular formula is C15H22N7OS+. The first-order valence-electron chi connectivity index (χ1n) is 8.43. The van der Waals surface area contributed by atoms with Crippen LogP contribution in [-0.2, 0) is 17.7 Å². The Kier molecular flexibility index (Phi) is 4.30. The molecule has 4 heterocycles. The summed E-state index contributed by atoms with van der Waals surface area (Å²) in [6.45, 7) is 6.57. The van der Waals surface area contributed by atoms with Crippen LogP contribution in [0.3, 0.4) is 0 Å². The Hall–Kier alpha value is -1.84. The highest BCUT2D eigenvalue weighted by Gasteiger charge is 2.26. The summed E-state index contributed by atoms with van der Waals surface area (Å²) in [5.41, 5.74) is 1.41. The molecular weight excluding hydrogens is 326 g/mol. The molecule has 0 fully saturated rings. The smallest absolute Gasteiger partial charge is 0.276 e. The molecule has 0 aliphatic carbocycles. The molecule has 3 aromatic rings. The van der Waals surface area contributed by atoms with Gasteiger partial charge < -0.3 is 15.0 Å². The monoisotopic (exact) mass is 348 g/mol. The number of aromatic nitrogens is 5. The maximum atomic E-state index is 5.41. The quantitative estimate of drug-likeness (QED) is 0.617. The number of nitrogens with zero attached hydrogens (tertiary/aromatic N) is 5. The van der Waals surface area contributed by atoms with Crippen molar-refractivity contribution in [2.24, 2.45) is 0 Å². The van der Waals surface area contributed by atoms with Gasteiger partial charge in [0.2, 0.25) is 0 Å². The zero-order valence-electron chi connectivity index (χ0n) is 14.0. The SMILES string of the molecule is CCOCCCNc1nc2nnnn2c2sc3c(c12)CC[NH+](C)C3. The van der Waals surface area contributed by atoms with Gasteiger partial charge in [-0.3, -0.25) is 0 Å². The first-order valence-corrected chi connectivity index (χ1v) is 9.25. The molecule has 1 atom stereocenters. The van der Waals surface area contributed by atoms with Gasteiger partial charge >= 0.3 is 0 Å². The van der Waals surface area contributed by atoms with Gasteiger partial charge in [0.05, 0.1) is 23.9 Å². The summed E-state index contributed by atoms with van der Waals surface area (Å²) in [6, 6.07) is 0. The summed E-state index contributed by atoms with van der Waals surface area (Å²) in [5.74, 6) is 1.45. The van der Waals surface area contributed by atoms with Gasteiger partial charge in [0.15, 0.2) is 0 Å². The molecule has 128 valence electrons. The summed E-state index contributed by atoms with van der Waals surface area (Å²) in [4.78, 5) is 8.72. The third-order valence-electron chi connectivity index (χ3n) is 4.39. The molecule has 24 heavy (non-hydrogen) atoms. The number of hydrogen-bond donors (Lipinski definition) is 2. The fourth-order valence-corrected chi connectivity index (χ4v) is 4.60. The summed E-state index contributed by atoms with van der Waals surface area (Å²) >= 11 is 1.79. The van der Waals surface area contributed by atoms with Crippen molar-refractivity contribution in [3.05, 3.63) is 10.4 Å². The van der Waals surface area contributed by atoms with Crippen molar-refractivity contribution >= 4 is 33.1 Å². The molecule has 9 heteroatoms. The molecule has 0 spiro atoms. The minimum absolute atomic E-state index is 0.550. The van der Waals surface area contributed by atoms with Crippen LogP contribution in [0.5, 0.6) is 0 Å². The van der Waals surface area contributed by atoms with E-state index in [9.17, 15) is 0 Å². The fraction of sp³-hybridized carbons (Fsp3) is 0.600. The lowest BCUT2D eigenvalue weighted by atomic mass is 10.1. The van der Waals surface area contributed by atoms with E-state index in [0.717, 1.165) is 56.3 Å². The highest BCUT2D eigenvalue weighted by atomic mass is 32.1. The van der Waals surface area contributed by atoms with E-state index in [0.29, 0.717) is 5.78 Å². The van der Waals surface area contributed by atoms with Gasteiger partial charge in [0, 0.05) is 26.2 Å². The molecule has 1 unspecified atom stereocenters. The molecule has 2 N–H and O–H groups in total. The standard InChI is InChI=1S/C15H21N7OS/c1-3-23-8-4-6-16-13-12-10-5-7-21(2)9-11(10)24-14(12)22-15(17-13)18-19-20-22/h3-9H2,1-2H3,(H,16,17,18,20)/p+1. The number of nitrogens with one attached hydrogen (secondary N) is 2. The minimum Gasteiger partial charge on any atom is -0.382 e. The molecule has 0 radical (unpaired) electrons. The van der Waals surface area contributed by atoms with Crippen molar-refractivity contribution in [1.29, 1.82) is 0 Å². The predicted molar refractivity (Wildman–Crippen MR) is 92.7 cm³/mol. The number of ether oxygens (including phenoxy) is 1. The first kappa shape index (κ1) is 15.7. The van der Waals surface area contributed by atoms with Gasteiger partial charge in [-0.05, 0) is 29.3 Å². The Morgan fingerprint density at radius 1 is 1.42 bits per heavy atom. The van der Waals surface area contributed by atoms with E-state index in [-0.39, 0.29) is 0 Å². The fourth-order valence-electron chi connectivity index (χ4n) is 3.19. The Bertz CT molecular complexity index is 858. The van der Waals surface area contributed by atoms with Crippen molar-refractivity contribution in [2.75, 3.05) is 38.7 Å². The zero-order valence-corrected chi connectivity index (χ0v) is 14.8. The highest BCUT2D eigenvalue weighted by molar-refractivity contribution is 7.19. The van der Waals surface area contributed by atoms with Crippen LogP contribution in [0.15, 0.2) is 0 Å². The van der Waals surface area contributed by atoms with Crippen molar-refractivity contribution in [2.45, 2.75) is 26.3 Å². The van der Waals surface area contributed by atoms with E-state index in [4.69, 9.17) is 4.74 Å². The van der Waals surface area contributed by atoms with Crippen LogP contribution >= 0.6 is 11.3 Å². The molecule has 4 rings (SSSR count). The van der Waals surface area contributed by atoms with E-state index in [1.165, 1.54) is 15.8 Å². The van der Waals surface area contributed by atoms with Crippen LogP contribution in [-0.4, -0.2) is 58.4 Å². The minimum atomic E-state index is 0.550. The highest BCUT2D eigenvalue weighted by Crippen LogP contribution is 2.36. The lowest BCUT2D eigenvalue weighted by Crippen LogP contribution is -3.08. The summed E-state index contributed by atoms with van der Waals surface area (Å²) < 4.78 is 7.17. The van der Waals surface area contributed by atoms with Gasteiger partial charge in [0.1, 0.15) is 17.2 Å². The van der Waals surface area contributed by atoms with Crippen LogP contribution in [0.25, 0.3) is 16.0 Å². The third-order valence-corrected chi connectivity index (χ3v) is 5.60. The first-order chi connectivity index (χ1) is 11.8. The molecule has 0 aromatic carbocycles. The van der Waals surface area contributed by atoms with E-state index in [2.05, 4.69) is 32.9 Å².